The van der Waals surface area contributed by atoms with E-state index in [0.29, 0.717) is 16.7 Å². The summed E-state index contributed by atoms with van der Waals surface area (Å²) in [5.41, 5.74) is 1.26. The Morgan fingerprint density at radius 1 is 0.868 bits per heavy atom. The number of hydrogen-bond donors (Lipinski definition) is 1. The van der Waals surface area contributed by atoms with Crippen LogP contribution in [0, 0.1) is 17.6 Å². The second-order valence-corrected chi connectivity index (χ2v) is 8.94. The lowest BCUT2D eigenvalue weighted by molar-refractivity contribution is -0.274. The summed E-state index contributed by atoms with van der Waals surface area (Å²) in [6, 6.07) is 14.5. The first-order chi connectivity index (χ1) is 17.9. The minimum Gasteiger partial charge on any atom is -0.449 e. The number of rotatable bonds is 10. The zero-order valence-electron chi connectivity index (χ0n) is 20.6. The Kier molecular flexibility index (Phi) is 9.44. The Balaban J connectivity index is 1.77. The third kappa shape index (κ3) is 8.29. The minimum atomic E-state index is -4.79. The normalized spacial score (nSPS) is 12.2. The molecule has 0 saturated carbocycles. The fourth-order valence-corrected chi connectivity index (χ4v) is 3.67. The highest BCUT2D eigenvalue weighted by atomic mass is 19.4. The number of ketones is 1. The number of nitrogens with one attached hydrogen (secondary N) is 1. The number of carbonyl (C=O) groups is 2. The molecule has 1 N–H and O–H groups in total. The summed E-state index contributed by atoms with van der Waals surface area (Å²) in [7, 11) is 0. The Labute approximate surface area is 216 Å². The van der Waals surface area contributed by atoms with Crippen molar-refractivity contribution < 1.29 is 41.0 Å². The summed E-state index contributed by atoms with van der Waals surface area (Å²) in [5, 5.41) is 2.69. The van der Waals surface area contributed by atoms with E-state index in [4.69, 9.17) is 4.74 Å². The van der Waals surface area contributed by atoms with Gasteiger partial charge in [0.2, 0.25) is 0 Å². The summed E-state index contributed by atoms with van der Waals surface area (Å²) >= 11 is 0. The number of Topliss-reactive ketones (excluding diaryl/α,β-unsaturated/α-hetero) is 1. The molecule has 10 heteroatoms. The Morgan fingerprint density at radius 3 is 1.95 bits per heavy atom. The molecule has 5 nitrogen and oxygen atoms in total. The molecule has 0 fully saturated rings. The molecule has 0 bridgehead atoms. The second kappa shape index (κ2) is 12.5. The van der Waals surface area contributed by atoms with Gasteiger partial charge in [-0.25, -0.2) is 13.6 Å². The molecule has 1 amide bonds. The third-order valence-corrected chi connectivity index (χ3v) is 5.48. The van der Waals surface area contributed by atoms with Crippen LogP contribution in [0.3, 0.4) is 0 Å². The van der Waals surface area contributed by atoms with Gasteiger partial charge in [0.25, 0.3) is 0 Å². The molecule has 0 aliphatic rings. The lowest BCUT2D eigenvalue weighted by atomic mass is 9.96. The zero-order chi connectivity index (χ0) is 27.9. The Hall–Kier alpha value is -3.95. The number of ether oxygens (including phenoxy) is 2. The molecule has 0 spiro atoms. The zero-order valence-corrected chi connectivity index (χ0v) is 20.6. The lowest BCUT2D eigenvalue weighted by Crippen LogP contribution is -2.30. The molecule has 202 valence electrons. The van der Waals surface area contributed by atoms with Crippen molar-refractivity contribution in [3.05, 3.63) is 89.5 Å². The van der Waals surface area contributed by atoms with Crippen LogP contribution in [-0.4, -0.2) is 24.8 Å². The van der Waals surface area contributed by atoms with Gasteiger partial charge >= 0.3 is 12.5 Å². The van der Waals surface area contributed by atoms with E-state index in [1.165, 1.54) is 24.3 Å². The topological polar surface area (TPSA) is 64.6 Å². The van der Waals surface area contributed by atoms with Gasteiger partial charge < -0.3 is 14.8 Å². The summed E-state index contributed by atoms with van der Waals surface area (Å²) in [6.07, 6.45) is -5.72. The summed E-state index contributed by atoms with van der Waals surface area (Å²) in [6.45, 7) is 3.91. The van der Waals surface area contributed by atoms with Crippen molar-refractivity contribution in [3.63, 3.8) is 0 Å². The van der Waals surface area contributed by atoms with Crippen molar-refractivity contribution >= 4 is 11.9 Å². The van der Waals surface area contributed by atoms with E-state index in [9.17, 15) is 31.5 Å². The van der Waals surface area contributed by atoms with Crippen LogP contribution < -0.4 is 10.1 Å². The summed E-state index contributed by atoms with van der Waals surface area (Å²) < 4.78 is 74.3. The maximum absolute atomic E-state index is 14.0. The van der Waals surface area contributed by atoms with E-state index >= 15 is 0 Å². The van der Waals surface area contributed by atoms with Gasteiger partial charge in [-0.3, -0.25) is 4.79 Å². The van der Waals surface area contributed by atoms with Gasteiger partial charge in [-0.1, -0.05) is 56.3 Å². The summed E-state index contributed by atoms with van der Waals surface area (Å²) in [4.78, 5) is 24.9. The molecule has 38 heavy (non-hydrogen) atoms. The van der Waals surface area contributed by atoms with Crippen LogP contribution in [0.1, 0.15) is 48.7 Å². The van der Waals surface area contributed by atoms with Gasteiger partial charge in [0.05, 0.1) is 18.2 Å². The molecular formula is C28H26F5NO4. The molecule has 0 radical (unpaired) electrons. The average Bonchev–Trinajstić information content (AvgIpc) is 2.85. The first kappa shape index (κ1) is 28.6. The van der Waals surface area contributed by atoms with E-state index in [2.05, 4.69) is 10.1 Å². The number of benzene rings is 3. The SMILES string of the molecule is CC(C)COC(=O)N[C@H](CCC(=O)c1c(F)cccc1F)c1ccc(-c2ccc(OC(F)(F)F)cc2)cc1. The lowest BCUT2D eigenvalue weighted by Gasteiger charge is -2.20. The highest BCUT2D eigenvalue weighted by Gasteiger charge is 2.31. The Morgan fingerprint density at radius 2 is 1.42 bits per heavy atom. The van der Waals surface area contributed by atoms with E-state index in [1.54, 1.807) is 24.3 Å². The first-order valence-electron chi connectivity index (χ1n) is 11.8. The first-order valence-corrected chi connectivity index (χ1v) is 11.8. The molecular weight excluding hydrogens is 509 g/mol. The van der Waals surface area contributed by atoms with Gasteiger partial charge in [0, 0.05) is 6.42 Å². The van der Waals surface area contributed by atoms with Crippen LogP contribution in [-0.2, 0) is 4.74 Å². The van der Waals surface area contributed by atoms with Crippen LogP contribution in [0.2, 0.25) is 0 Å². The van der Waals surface area contributed by atoms with E-state index in [0.717, 1.165) is 18.2 Å². The van der Waals surface area contributed by atoms with E-state index in [-0.39, 0.29) is 31.1 Å². The van der Waals surface area contributed by atoms with Crippen LogP contribution >= 0.6 is 0 Å². The summed E-state index contributed by atoms with van der Waals surface area (Å²) in [5.74, 6) is -2.94. The molecule has 0 saturated heterocycles. The second-order valence-electron chi connectivity index (χ2n) is 8.94. The monoisotopic (exact) mass is 535 g/mol. The molecule has 3 rings (SSSR count). The molecule has 0 aliphatic heterocycles. The molecule has 0 aliphatic carbocycles. The van der Waals surface area contributed by atoms with Crippen molar-refractivity contribution in [1.82, 2.24) is 5.32 Å². The van der Waals surface area contributed by atoms with E-state index in [1.807, 2.05) is 13.8 Å². The molecule has 0 unspecified atom stereocenters. The molecule has 3 aromatic carbocycles. The molecule has 1 atom stereocenters. The van der Waals surface area contributed by atoms with Gasteiger partial charge in [0.15, 0.2) is 5.78 Å². The highest BCUT2D eigenvalue weighted by molar-refractivity contribution is 5.96. The van der Waals surface area contributed by atoms with Gasteiger partial charge in [-0.15, -0.1) is 13.2 Å². The van der Waals surface area contributed by atoms with Crippen LogP contribution in [0.4, 0.5) is 26.7 Å². The predicted octanol–water partition coefficient (Wildman–Crippen LogP) is 7.62. The smallest absolute Gasteiger partial charge is 0.449 e. The Bertz CT molecular complexity index is 1220. The van der Waals surface area contributed by atoms with Crippen LogP contribution in [0.25, 0.3) is 11.1 Å². The van der Waals surface area contributed by atoms with Crippen molar-refractivity contribution in [2.75, 3.05) is 6.61 Å². The number of amides is 1. The minimum absolute atomic E-state index is 0.0339. The number of alkyl carbamates (subject to hydrolysis) is 1. The van der Waals surface area contributed by atoms with Gasteiger partial charge in [-0.2, -0.15) is 0 Å². The number of carbonyl (C=O) groups excluding carboxylic acids is 2. The van der Waals surface area contributed by atoms with Gasteiger partial charge in [0.1, 0.15) is 17.4 Å². The molecule has 0 heterocycles. The molecule has 3 aromatic rings. The van der Waals surface area contributed by atoms with Crippen molar-refractivity contribution in [3.8, 4) is 16.9 Å². The number of alkyl halides is 3. The average molecular weight is 536 g/mol. The van der Waals surface area contributed by atoms with Crippen molar-refractivity contribution in [2.45, 2.75) is 39.1 Å². The quantitative estimate of drug-likeness (QED) is 0.214. The number of hydrogen-bond acceptors (Lipinski definition) is 4. The van der Waals surface area contributed by atoms with Gasteiger partial charge in [-0.05, 0) is 53.3 Å². The predicted molar refractivity (Wildman–Crippen MR) is 131 cm³/mol. The largest absolute Gasteiger partial charge is 0.573 e. The molecule has 0 aromatic heterocycles. The highest BCUT2D eigenvalue weighted by Crippen LogP contribution is 2.29. The van der Waals surface area contributed by atoms with E-state index < -0.39 is 41.5 Å². The van der Waals surface area contributed by atoms with Crippen LogP contribution in [0.5, 0.6) is 5.75 Å². The number of halogens is 5. The fraction of sp³-hybridized carbons (Fsp3) is 0.286. The van der Waals surface area contributed by atoms with Crippen molar-refractivity contribution in [2.24, 2.45) is 5.92 Å². The van der Waals surface area contributed by atoms with Crippen molar-refractivity contribution in [1.29, 1.82) is 0 Å². The maximum atomic E-state index is 14.0. The fourth-order valence-electron chi connectivity index (χ4n) is 3.67. The third-order valence-electron chi connectivity index (χ3n) is 5.48. The standard InChI is InChI=1S/C28H26F5NO4/c1-17(2)16-37-27(36)34-24(14-15-25(35)26-22(29)4-3-5-23(26)30)20-8-6-18(7-9-20)19-10-12-21(13-11-19)38-28(31,32)33/h3-13,17,24H,14-16H2,1-2H3,(H,34,36)/t24-/m1/s1. The maximum Gasteiger partial charge on any atom is 0.573 e. The van der Waals surface area contributed by atoms with Crippen LogP contribution in [0.15, 0.2) is 66.7 Å².